The van der Waals surface area contributed by atoms with Crippen LogP contribution in [0.1, 0.15) is 61.4 Å². The van der Waals surface area contributed by atoms with Crippen molar-refractivity contribution in [1.82, 2.24) is 24.7 Å². The highest BCUT2D eigenvalue weighted by molar-refractivity contribution is 6.06. The Morgan fingerprint density at radius 3 is 2.25 bits per heavy atom. The second-order valence-electron chi connectivity index (χ2n) is 14.7. The van der Waals surface area contributed by atoms with Crippen LogP contribution in [0.15, 0.2) is 59.8 Å². The molecule has 296 valence electrons. The number of anilines is 1. The highest BCUT2D eigenvalue weighted by Crippen LogP contribution is 2.38. The number of rotatable bonds is 12. The summed E-state index contributed by atoms with van der Waals surface area (Å²) >= 11 is 0. The van der Waals surface area contributed by atoms with E-state index < -0.39 is 17.8 Å². The number of urea groups is 1. The van der Waals surface area contributed by atoms with Gasteiger partial charge in [0.1, 0.15) is 17.3 Å². The van der Waals surface area contributed by atoms with Crippen molar-refractivity contribution in [3.8, 4) is 22.6 Å². The van der Waals surface area contributed by atoms with Gasteiger partial charge in [-0.3, -0.25) is 29.6 Å². The van der Waals surface area contributed by atoms with Gasteiger partial charge in [0.05, 0.1) is 37.5 Å². The molecule has 0 atom stereocenters. The number of aryl methyl sites for hydroxylation is 1. The Morgan fingerprint density at radius 1 is 0.893 bits per heavy atom. The maximum Gasteiger partial charge on any atom is 0.328 e. The number of aromatic nitrogens is 2. The Bertz CT molecular complexity index is 2130. The molecule has 1 N–H and O–H groups in total. The first-order valence-corrected chi connectivity index (χ1v) is 19.5. The molecule has 3 aliphatic rings. The Hall–Kier alpha value is -5.34. The molecule has 0 aliphatic carbocycles. The minimum absolute atomic E-state index is 0.0163. The summed E-state index contributed by atoms with van der Waals surface area (Å²) in [6, 6.07) is 9.26. The van der Waals surface area contributed by atoms with E-state index in [1.807, 2.05) is 31.3 Å². The smallest absolute Gasteiger partial charge is 0.328 e. The quantitative estimate of drug-likeness (QED) is 0.201. The van der Waals surface area contributed by atoms with Gasteiger partial charge in [0, 0.05) is 87.5 Å². The van der Waals surface area contributed by atoms with Crippen molar-refractivity contribution in [3.63, 3.8) is 0 Å². The molecule has 2 aromatic carbocycles. The molecule has 3 fully saturated rings. The zero-order valence-electron chi connectivity index (χ0n) is 32.2. The van der Waals surface area contributed by atoms with E-state index in [0.29, 0.717) is 43.4 Å². The van der Waals surface area contributed by atoms with Crippen molar-refractivity contribution in [2.75, 3.05) is 58.4 Å². The van der Waals surface area contributed by atoms with Crippen LogP contribution in [-0.4, -0.2) is 103 Å². The fourth-order valence-electron chi connectivity index (χ4n) is 8.10. The molecular formula is C42H49FN6O7. The molecule has 0 unspecified atom stereocenters. The van der Waals surface area contributed by atoms with Crippen LogP contribution in [0.2, 0.25) is 0 Å². The summed E-state index contributed by atoms with van der Waals surface area (Å²) in [5.74, 6) is 0.219. The molecule has 2 aromatic heterocycles. The van der Waals surface area contributed by atoms with Crippen molar-refractivity contribution < 1.29 is 33.0 Å². The lowest BCUT2D eigenvalue weighted by atomic mass is 9.97. The number of fused-ring (bicyclic) bond motifs is 1. The van der Waals surface area contributed by atoms with Gasteiger partial charge in [-0.15, -0.1) is 0 Å². The first kappa shape index (κ1) is 38.9. The molecule has 4 amide bonds. The SMILES string of the molecule is CCCn1cc(-c2cc(OC)c(CCN3CCC(OC4CCN(C(=O)c5ccc(F)c(N6CCC(=O)NC6=O)c5)CC4)CC3)c(OC)c2)c2ccncc2c1=O. The van der Waals surface area contributed by atoms with Crippen molar-refractivity contribution >= 4 is 34.3 Å². The van der Waals surface area contributed by atoms with Crippen LogP contribution in [-0.2, 0) is 22.5 Å². The van der Waals surface area contributed by atoms with E-state index in [1.165, 1.54) is 18.2 Å². The predicted molar refractivity (Wildman–Crippen MR) is 210 cm³/mol. The van der Waals surface area contributed by atoms with E-state index >= 15 is 0 Å². The van der Waals surface area contributed by atoms with Gasteiger partial charge in [0.2, 0.25) is 5.91 Å². The minimum Gasteiger partial charge on any atom is -0.496 e. The van der Waals surface area contributed by atoms with Gasteiger partial charge in [-0.25, -0.2) is 9.18 Å². The zero-order valence-corrected chi connectivity index (χ0v) is 32.2. The second-order valence-corrected chi connectivity index (χ2v) is 14.7. The highest BCUT2D eigenvalue weighted by atomic mass is 19.1. The van der Waals surface area contributed by atoms with Crippen LogP contribution in [0.5, 0.6) is 11.5 Å². The van der Waals surface area contributed by atoms with Crippen molar-refractivity contribution in [2.24, 2.45) is 0 Å². The molecular weight excluding hydrogens is 719 g/mol. The maximum atomic E-state index is 14.7. The third kappa shape index (κ3) is 8.26. The highest BCUT2D eigenvalue weighted by Gasteiger charge is 2.31. The lowest BCUT2D eigenvalue weighted by Gasteiger charge is -2.37. The Labute approximate surface area is 325 Å². The molecule has 0 saturated carbocycles. The lowest BCUT2D eigenvalue weighted by Crippen LogP contribution is -2.50. The number of nitrogens with zero attached hydrogens (tertiary/aromatic N) is 5. The monoisotopic (exact) mass is 768 g/mol. The number of pyridine rings is 2. The van der Waals surface area contributed by atoms with Crippen LogP contribution in [0.25, 0.3) is 21.9 Å². The normalized spacial score (nSPS) is 17.4. The summed E-state index contributed by atoms with van der Waals surface area (Å²) < 4.78 is 34.8. The molecule has 3 aliphatic heterocycles. The molecule has 56 heavy (non-hydrogen) atoms. The average molecular weight is 769 g/mol. The number of nitrogens with one attached hydrogen (secondary N) is 1. The van der Waals surface area contributed by atoms with Gasteiger partial charge in [0.25, 0.3) is 11.5 Å². The second kappa shape index (κ2) is 17.2. The summed E-state index contributed by atoms with van der Waals surface area (Å²) in [7, 11) is 3.35. The summed E-state index contributed by atoms with van der Waals surface area (Å²) in [6.45, 7) is 6.39. The van der Waals surface area contributed by atoms with Crippen LogP contribution >= 0.6 is 0 Å². The molecule has 0 bridgehead atoms. The molecule has 7 rings (SSSR count). The standard InChI is InChI=1S/C42H49FN6O7/c1-4-15-48-26-34(31-7-14-44-25-33(31)41(48)52)28-23-37(54-2)32(38(24-28)55-3)12-18-46-16-8-29(9-17-46)56-30-10-19-47(20-11-30)40(51)27-5-6-35(43)36(22-27)49-21-13-39(50)45-42(49)53/h5-7,14,22-26,29-30H,4,8-13,15-21H2,1-3H3,(H,45,50,53). The van der Waals surface area contributed by atoms with E-state index in [0.717, 1.165) is 83.8 Å². The number of hydrogen-bond acceptors (Lipinski definition) is 9. The molecule has 5 heterocycles. The number of benzene rings is 2. The number of carbonyl (C=O) groups excluding carboxylic acids is 3. The van der Waals surface area contributed by atoms with Gasteiger partial charge >= 0.3 is 6.03 Å². The van der Waals surface area contributed by atoms with Crippen molar-refractivity contribution in [1.29, 1.82) is 0 Å². The molecule has 0 spiro atoms. The van der Waals surface area contributed by atoms with Gasteiger partial charge in [-0.2, -0.15) is 0 Å². The lowest BCUT2D eigenvalue weighted by molar-refractivity contribution is -0.120. The number of hydrogen-bond donors (Lipinski definition) is 1. The predicted octanol–water partition coefficient (Wildman–Crippen LogP) is 5.40. The van der Waals surface area contributed by atoms with Gasteiger partial charge < -0.3 is 28.6 Å². The molecule has 13 nitrogen and oxygen atoms in total. The van der Waals surface area contributed by atoms with E-state index in [9.17, 15) is 23.6 Å². The van der Waals surface area contributed by atoms with Crippen molar-refractivity contribution in [3.05, 3.63) is 82.3 Å². The minimum atomic E-state index is -0.697. The topological polar surface area (TPSA) is 136 Å². The van der Waals surface area contributed by atoms with E-state index in [1.54, 1.807) is 36.1 Å². The van der Waals surface area contributed by atoms with Crippen LogP contribution in [0, 0.1) is 5.82 Å². The Kier molecular flexibility index (Phi) is 12.0. The van der Waals surface area contributed by atoms with Crippen LogP contribution in [0.4, 0.5) is 14.9 Å². The van der Waals surface area contributed by atoms with Gasteiger partial charge in [-0.05, 0) is 85.9 Å². The summed E-state index contributed by atoms with van der Waals surface area (Å²) in [6.07, 6.45) is 10.3. The molecule has 4 aromatic rings. The van der Waals surface area contributed by atoms with Gasteiger partial charge in [-0.1, -0.05) is 6.92 Å². The molecule has 0 radical (unpaired) electrons. The fraction of sp³-hybridized carbons (Fsp3) is 0.452. The van der Waals surface area contributed by atoms with Crippen LogP contribution < -0.4 is 25.2 Å². The first-order chi connectivity index (χ1) is 27.2. The summed E-state index contributed by atoms with van der Waals surface area (Å²) in [5, 5.41) is 3.61. The average Bonchev–Trinajstić information content (AvgIpc) is 3.22. The van der Waals surface area contributed by atoms with E-state index in [2.05, 4.69) is 15.2 Å². The summed E-state index contributed by atoms with van der Waals surface area (Å²) in [4.78, 5) is 59.9. The van der Waals surface area contributed by atoms with Crippen molar-refractivity contribution in [2.45, 2.75) is 70.6 Å². The third-order valence-corrected chi connectivity index (χ3v) is 11.1. The molecule has 14 heteroatoms. The number of carbonyl (C=O) groups is 3. The van der Waals surface area contributed by atoms with Gasteiger partial charge in [0.15, 0.2) is 0 Å². The number of piperidine rings is 2. The number of likely N-dealkylation sites (tertiary alicyclic amines) is 2. The Balaban J connectivity index is 0.919. The number of amides is 4. The number of imide groups is 1. The van der Waals surface area contributed by atoms with E-state index in [-0.39, 0.29) is 42.3 Å². The molecule has 3 saturated heterocycles. The Morgan fingerprint density at radius 2 is 1.59 bits per heavy atom. The first-order valence-electron chi connectivity index (χ1n) is 19.5. The van der Waals surface area contributed by atoms with E-state index in [4.69, 9.17) is 14.2 Å². The number of ether oxygens (including phenoxy) is 3. The number of halogens is 1. The largest absolute Gasteiger partial charge is 0.496 e. The maximum absolute atomic E-state index is 14.7. The van der Waals surface area contributed by atoms with Crippen LogP contribution in [0.3, 0.4) is 0 Å². The number of methoxy groups -OCH3 is 2. The zero-order chi connectivity index (χ0) is 39.3. The fourth-order valence-corrected chi connectivity index (χ4v) is 8.10. The summed E-state index contributed by atoms with van der Waals surface area (Å²) in [5.41, 5.74) is 3.06. The third-order valence-electron chi connectivity index (χ3n) is 11.1.